The smallest absolute Gasteiger partial charge is 0.222 e. The van der Waals surface area contributed by atoms with E-state index in [0.29, 0.717) is 25.4 Å². The summed E-state index contributed by atoms with van der Waals surface area (Å²) < 4.78 is 0. The Morgan fingerprint density at radius 2 is 1.83 bits per heavy atom. The molecule has 0 unspecified atom stereocenters. The first kappa shape index (κ1) is 18.7. The minimum Gasteiger partial charge on any atom is -0.353 e. The van der Waals surface area contributed by atoms with Gasteiger partial charge in [-0.2, -0.15) is 0 Å². The summed E-state index contributed by atoms with van der Waals surface area (Å²) in [6.45, 7) is 4.95. The Bertz CT molecular complexity index is 470. The van der Waals surface area contributed by atoms with Crippen molar-refractivity contribution in [2.45, 2.75) is 83.2 Å². The van der Waals surface area contributed by atoms with Crippen molar-refractivity contribution in [3.8, 4) is 0 Å². The normalized spacial score (nSPS) is 19.4. The van der Waals surface area contributed by atoms with E-state index in [0.717, 1.165) is 32.2 Å². The first-order valence-corrected chi connectivity index (χ1v) is 9.24. The van der Waals surface area contributed by atoms with Gasteiger partial charge >= 0.3 is 0 Å². The summed E-state index contributed by atoms with van der Waals surface area (Å²) in [4.78, 5) is 37.8. The van der Waals surface area contributed by atoms with Crippen LogP contribution in [0.1, 0.15) is 71.6 Å². The van der Waals surface area contributed by atoms with Crippen LogP contribution in [0.2, 0.25) is 0 Å². The van der Waals surface area contributed by atoms with Crippen LogP contribution < -0.4 is 10.6 Å². The van der Waals surface area contributed by atoms with Crippen molar-refractivity contribution in [2.75, 3.05) is 13.1 Å². The lowest BCUT2D eigenvalue weighted by molar-refractivity contribution is -0.134. The molecule has 0 spiro atoms. The standard InChI is InChI=1S/C18H31N3O3/c1-18(2,13-16(23)19-14-7-3-4-8-14)20-15(22)10-12-21-11-6-5-9-17(21)24/h14H,3-13H2,1-2H3,(H,19,23)(H,20,22). The Morgan fingerprint density at radius 3 is 2.50 bits per heavy atom. The lowest BCUT2D eigenvalue weighted by atomic mass is 9.99. The fourth-order valence-electron chi connectivity index (χ4n) is 3.57. The number of hydrogen-bond donors (Lipinski definition) is 2. The van der Waals surface area contributed by atoms with Crippen molar-refractivity contribution in [2.24, 2.45) is 0 Å². The largest absolute Gasteiger partial charge is 0.353 e. The summed E-state index contributed by atoms with van der Waals surface area (Å²) in [5, 5.41) is 5.98. The van der Waals surface area contributed by atoms with Crippen molar-refractivity contribution in [3.05, 3.63) is 0 Å². The van der Waals surface area contributed by atoms with E-state index in [1.54, 1.807) is 4.90 Å². The monoisotopic (exact) mass is 337 g/mol. The van der Waals surface area contributed by atoms with Gasteiger partial charge in [-0.1, -0.05) is 12.8 Å². The molecule has 0 aromatic heterocycles. The third kappa shape index (κ3) is 6.13. The second-order valence-electron chi connectivity index (χ2n) is 7.75. The summed E-state index contributed by atoms with van der Waals surface area (Å²) in [5.41, 5.74) is -0.578. The van der Waals surface area contributed by atoms with Crippen LogP contribution in [0.15, 0.2) is 0 Å². The Balaban J connectivity index is 1.70. The highest BCUT2D eigenvalue weighted by molar-refractivity contribution is 5.81. The molecule has 1 aliphatic heterocycles. The summed E-state index contributed by atoms with van der Waals surface area (Å²) in [6, 6.07) is 0.300. The maximum absolute atomic E-state index is 12.2. The molecule has 0 aromatic rings. The molecule has 0 radical (unpaired) electrons. The van der Waals surface area contributed by atoms with Crippen LogP contribution in [0.3, 0.4) is 0 Å². The van der Waals surface area contributed by atoms with Crippen LogP contribution in [-0.2, 0) is 14.4 Å². The van der Waals surface area contributed by atoms with Gasteiger partial charge in [-0.25, -0.2) is 0 Å². The van der Waals surface area contributed by atoms with Gasteiger partial charge in [0.1, 0.15) is 0 Å². The Morgan fingerprint density at radius 1 is 1.12 bits per heavy atom. The lowest BCUT2D eigenvalue weighted by Crippen LogP contribution is -2.48. The highest BCUT2D eigenvalue weighted by Crippen LogP contribution is 2.18. The molecule has 0 atom stereocenters. The van der Waals surface area contributed by atoms with E-state index < -0.39 is 5.54 Å². The predicted octanol–water partition coefficient (Wildman–Crippen LogP) is 1.73. The third-order valence-corrected chi connectivity index (χ3v) is 4.83. The van der Waals surface area contributed by atoms with E-state index in [9.17, 15) is 14.4 Å². The topological polar surface area (TPSA) is 78.5 Å². The maximum atomic E-state index is 12.2. The molecule has 6 nitrogen and oxygen atoms in total. The minimum atomic E-state index is -0.578. The van der Waals surface area contributed by atoms with E-state index in [1.807, 2.05) is 13.8 Å². The van der Waals surface area contributed by atoms with Gasteiger partial charge in [0.05, 0.1) is 0 Å². The van der Waals surface area contributed by atoms with Gasteiger partial charge in [0.2, 0.25) is 17.7 Å². The molecule has 0 aromatic carbocycles. The van der Waals surface area contributed by atoms with Gasteiger partial charge in [0.15, 0.2) is 0 Å². The average molecular weight is 337 g/mol. The number of nitrogens with one attached hydrogen (secondary N) is 2. The molecule has 1 heterocycles. The molecule has 1 saturated heterocycles. The first-order chi connectivity index (χ1) is 11.4. The molecule has 24 heavy (non-hydrogen) atoms. The molecule has 1 aliphatic carbocycles. The van der Waals surface area contributed by atoms with E-state index in [-0.39, 0.29) is 24.1 Å². The lowest BCUT2D eigenvalue weighted by Gasteiger charge is -2.29. The van der Waals surface area contributed by atoms with Crippen molar-refractivity contribution in [1.82, 2.24) is 15.5 Å². The Labute approximate surface area is 144 Å². The van der Waals surface area contributed by atoms with Gasteiger partial charge in [-0.05, 0) is 39.5 Å². The van der Waals surface area contributed by atoms with E-state index in [4.69, 9.17) is 0 Å². The number of carbonyl (C=O) groups excluding carboxylic acids is 3. The summed E-state index contributed by atoms with van der Waals surface area (Å²) in [6.07, 6.45) is 7.60. The van der Waals surface area contributed by atoms with Gasteiger partial charge in [0, 0.05) is 43.9 Å². The molecular weight excluding hydrogens is 306 g/mol. The molecule has 2 rings (SSSR count). The number of nitrogens with zero attached hydrogens (tertiary/aromatic N) is 1. The number of rotatable bonds is 7. The van der Waals surface area contributed by atoms with E-state index in [1.165, 1.54) is 12.8 Å². The quantitative estimate of drug-likeness (QED) is 0.743. The number of amides is 3. The van der Waals surface area contributed by atoms with E-state index >= 15 is 0 Å². The molecule has 6 heteroatoms. The molecular formula is C18H31N3O3. The van der Waals surface area contributed by atoms with Crippen LogP contribution in [0.5, 0.6) is 0 Å². The molecule has 2 N–H and O–H groups in total. The van der Waals surface area contributed by atoms with Crippen LogP contribution in [-0.4, -0.2) is 47.3 Å². The highest BCUT2D eigenvalue weighted by atomic mass is 16.2. The fourth-order valence-corrected chi connectivity index (χ4v) is 3.57. The van der Waals surface area contributed by atoms with Gasteiger partial charge in [0.25, 0.3) is 0 Å². The van der Waals surface area contributed by atoms with Crippen molar-refractivity contribution in [3.63, 3.8) is 0 Å². The van der Waals surface area contributed by atoms with Crippen LogP contribution in [0, 0.1) is 0 Å². The Hall–Kier alpha value is -1.59. The van der Waals surface area contributed by atoms with Gasteiger partial charge in [-0.3, -0.25) is 14.4 Å². The maximum Gasteiger partial charge on any atom is 0.222 e. The second-order valence-corrected chi connectivity index (χ2v) is 7.75. The average Bonchev–Trinajstić information content (AvgIpc) is 2.97. The molecule has 0 bridgehead atoms. The number of carbonyl (C=O) groups is 3. The minimum absolute atomic E-state index is 0.00147. The first-order valence-electron chi connectivity index (χ1n) is 9.24. The molecule has 136 valence electrons. The summed E-state index contributed by atoms with van der Waals surface area (Å²) in [5.74, 6) is 0.0368. The number of likely N-dealkylation sites (tertiary alicyclic amines) is 1. The Kier molecular flexibility index (Phi) is 6.63. The van der Waals surface area contributed by atoms with Gasteiger partial charge in [-0.15, -0.1) is 0 Å². The highest BCUT2D eigenvalue weighted by Gasteiger charge is 2.26. The fraction of sp³-hybridized carbons (Fsp3) is 0.833. The SMILES string of the molecule is CC(C)(CC(=O)NC1CCCC1)NC(=O)CCN1CCCCC1=O. The zero-order valence-corrected chi connectivity index (χ0v) is 15.0. The molecule has 3 amide bonds. The number of hydrogen-bond acceptors (Lipinski definition) is 3. The van der Waals surface area contributed by atoms with Crippen LogP contribution in [0.4, 0.5) is 0 Å². The molecule has 2 aliphatic rings. The zero-order valence-electron chi connectivity index (χ0n) is 15.0. The predicted molar refractivity (Wildman–Crippen MR) is 92.3 cm³/mol. The van der Waals surface area contributed by atoms with Crippen molar-refractivity contribution in [1.29, 1.82) is 0 Å². The molecule has 1 saturated carbocycles. The van der Waals surface area contributed by atoms with Crippen molar-refractivity contribution >= 4 is 17.7 Å². The van der Waals surface area contributed by atoms with E-state index in [2.05, 4.69) is 10.6 Å². The zero-order chi connectivity index (χ0) is 17.6. The van der Waals surface area contributed by atoms with Crippen LogP contribution >= 0.6 is 0 Å². The molecule has 2 fully saturated rings. The second kappa shape index (κ2) is 8.49. The summed E-state index contributed by atoms with van der Waals surface area (Å²) >= 11 is 0. The summed E-state index contributed by atoms with van der Waals surface area (Å²) in [7, 11) is 0. The van der Waals surface area contributed by atoms with Gasteiger partial charge < -0.3 is 15.5 Å². The number of piperidine rings is 1. The van der Waals surface area contributed by atoms with Crippen LogP contribution in [0.25, 0.3) is 0 Å². The van der Waals surface area contributed by atoms with Crippen molar-refractivity contribution < 1.29 is 14.4 Å². The third-order valence-electron chi connectivity index (χ3n) is 4.83.